The van der Waals surface area contributed by atoms with Gasteiger partial charge >= 0.3 is 5.97 Å². The molecule has 6 nitrogen and oxygen atoms in total. The first kappa shape index (κ1) is 19.6. The number of benzene rings is 2. The SMILES string of the molecule is COc1ccc(CNC(=O)COC(=O)[C@H](C)Oc2ccc(Cl)cc2)cc1. The third kappa shape index (κ3) is 6.29. The van der Waals surface area contributed by atoms with E-state index in [-0.39, 0.29) is 6.61 Å². The van der Waals surface area contributed by atoms with Crippen molar-refractivity contribution in [1.29, 1.82) is 0 Å². The molecule has 0 aromatic heterocycles. The summed E-state index contributed by atoms with van der Waals surface area (Å²) < 4.78 is 15.5. The molecule has 0 spiro atoms. The molecule has 0 radical (unpaired) electrons. The summed E-state index contributed by atoms with van der Waals surface area (Å²) in [6.07, 6.45) is -0.842. The second-order valence-electron chi connectivity index (χ2n) is 5.45. The number of esters is 1. The molecule has 0 heterocycles. The maximum absolute atomic E-state index is 11.9. The molecule has 138 valence electrons. The Morgan fingerprint density at radius 3 is 2.27 bits per heavy atom. The largest absolute Gasteiger partial charge is 0.497 e. The first-order valence-corrected chi connectivity index (χ1v) is 8.34. The quantitative estimate of drug-likeness (QED) is 0.716. The van der Waals surface area contributed by atoms with E-state index >= 15 is 0 Å². The summed E-state index contributed by atoms with van der Waals surface area (Å²) in [4.78, 5) is 23.7. The molecule has 1 atom stereocenters. The fraction of sp³-hybridized carbons (Fsp3) is 0.263. The van der Waals surface area contributed by atoms with Gasteiger partial charge in [-0.15, -0.1) is 0 Å². The molecule has 1 amide bonds. The number of carbonyl (C=O) groups excluding carboxylic acids is 2. The lowest BCUT2D eigenvalue weighted by Gasteiger charge is -2.14. The molecule has 2 aromatic carbocycles. The van der Waals surface area contributed by atoms with Gasteiger partial charge in [-0.05, 0) is 48.9 Å². The van der Waals surface area contributed by atoms with E-state index in [1.165, 1.54) is 0 Å². The second kappa shape index (κ2) is 9.68. The highest BCUT2D eigenvalue weighted by Crippen LogP contribution is 2.17. The number of hydrogen-bond donors (Lipinski definition) is 1. The van der Waals surface area contributed by atoms with Crippen molar-refractivity contribution >= 4 is 23.5 Å². The molecule has 0 aliphatic heterocycles. The number of rotatable bonds is 8. The van der Waals surface area contributed by atoms with Crippen LogP contribution in [0.1, 0.15) is 12.5 Å². The number of methoxy groups -OCH3 is 1. The number of nitrogens with one attached hydrogen (secondary N) is 1. The predicted molar refractivity (Wildman–Crippen MR) is 97.3 cm³/mol. The smallest absolute Gasteiger partial charge is 0.347 e. The Bertz CT molecular complexity index is 731. The van der Waals surface area contributed by atoms with Crippen molar-refractivity contribution < 1.29 is 23.8 Å². The van der Waals surface area contributed by atoms with Crippen molar-refractivity contribution in [2.24, 2.45) is 0 Å². The molecule has 7 heteroatoms. The summed E-state index contributed by atoms with van der Waals surface area (Å²) in [6, 6.07) is 13.9. The molecular formula is C19H20ClNO5. The maximum Gasteiger partial charge on any atom is 0.347 e. The van der Waals surface area contributed by atoms with Gasteiger partial charge in [-0.1, -0.05) is 23.7 Å². The first-order valence-electron chi connectivity index (χ1n) is 7.96. The minimum absolute atomic E-state index is 0.331. The summed E-state index contributed by atoms with van der Waals surface area (Å²) in [6.45, 7) is 1.51. The minimum Gasteiger partial charge on any atom is -0.497 e. The predicted octanol–water partition coefficient (Wildman–Crippen LogP) is 2.98. The molecule has 0 aliphatic carbocycles. The van der Waals surface area contributed by atoms with E-state index in [1.807, 2.05) is 12.1 Å². The average molecular weight is 378 g/mol. The summed E-state index contributed by atoms with van der Waals surface area (Å²) >= 11 is 5.79. The fourth-order valence-electron chi connectivity index (χ4n) is 2.01. The highest BCUT2D eigenvalue weighted by molar-refractivity contribution is 6.30. The lowest BCUT2D eigenvalue weighted by atomic mass is 10.2. The van der Waals surface area contributed by atoms with Crippen LogP contribution < -0.4 is 14.8 Å². The van der Waals surface area contributed by atoms with Gasteiger partial charge in [0.25, 0.3) is 5.91 Å². The molecule has 2 rings (SSSR count). The Hall–Kier alpha value is -2.73. The Balaban J connectivity index is 1.71. The molecule has 1 N–H and O–H groups in total. The molecule has 0 bridgehead atoms. The monoisotopic (exact) mass is 377 g/mol. The van der Waals surface area contributed by atoms with Crippen LogP contribution in [0.15, 0.2) is 48.5 Å². The van der Waals surface area contributed by atoms with Crippen molar-refractivity contribution in [2.45, 2.75) is 19.6 Å². The van der Waals surface area contributed by atoms with Crippen molar-refractivity contribution in [3.05, 3.63) is 59.1 Å². The molecule has 0 unspecified atom stereocenters. The molecule has 0 aliphatic rings. The number of carbonyl (C=O) groups is 2. The van der Waals surface area contributed by atoms with Crippen molar-refractivity contribution in [3.8, 4) is 11.5 Å². The van der Waals surface area contributed by atoms with Gasteiger partial charge in [0.05, 0.1) is 7.11 Å². The molecule has 26 heavy (non-hydrogen) atoms. The molecule has 0 fully saturated rings. The average Bonchev–Trinajstić information content (AvgIpc) is 2.66. The van der Waals surface area contributed by atoms with Gasteiger partial charge in [0.15, 0.2) is 12.7 Å². The third-order valence-electron chi connectivity index (χ3n) is 3.45. The van der Waals surface area contributed by atoms with Crippen LogP contribution in [-0.2, 0) is 20.9 Å². The van der Waals surface area contributed by atoms with Crippen LogP contribution >= 0.6 is 11.6 Å². The van der Waals surface area contributed by atoms with Gasteiger partial charge in [0.2, 0.25) is 0 Å². The number of ether oxygens (including phenoxy) is 3. The van der Waals surface area contributed by atoms with E-state index in [0.29, 0.717) is 17.3 Å². The third-order valence-corrected chi connectivity index (χ3v) is 3.70. The Kier molecular flexibility index (Phi) is 7.29. The zero-order valence-electron chi connectivity index (χ0n) is 14.5. The van der Waals surface area contributed by atoms with Crippen LogP contribution in [0.3, 0.4) is 0 Å². The summed E-state index contributed by atoms with van der Waals surface area (Å²) in [5.74, 6) is 0.207. The van der Waals surface area contributed by atoms with Crippen molar-refractivity contribution in [2.75, 3.05) is 13.7 Å². The first-order chi connectivity index (χ1) is 12.5. The molecule has 2 aromatic rings. The summed E-state index contributed by atoms with van der Waals surface area (Å²) in [5, 5.41) is 3.24. The zero-order valence-corrected chi connectivity index (χ0v) is 15.3. The molecule has 0 saturated heterocycles. The van der Waals surface area contributed by atoms with Crippen LogP contribution in [0.5, 0.6) is 11.5 Å². The van der Waals surface area contributed by atoms with E-state index in [9.17, 15) is 9.59 Å². The van der Waals surface area contributed by atoms with E-state index in [1.54, 1.807) is 50.4 Å². The number of amides is 1. The van der Waals surface area contributed by atoms with Crippen LogP contribution in [-0.4, -0.2) is 31.7 Å². The van der Waals surface area contributed by atoms with Gasteiger partial charge in [-0.2, -0.15) is 0 Å². The summed E-state index contributed by atoms with van der Waals surface area (Å²) in [7, 11) is 1.59. The highest BCUT2D eigenvalue weighted by Gasteiger charge is 2.17. The molecule has 0 saturated carbocycles. The maximum atomic E-state index is 11.9. The topological polar surface area (TPSA) is 73.9 Å². The van der Waals surface area contributed by atoms with Gasteiger partial charge in [0, 0.05) is 11.6 Å². The Morgan fingerprint density at radius 1 is 1.04 bits per heavy atom. The van der Waals surface area contributed by atoms with Crippen LogP contribution in [0.25, 0.3) is 0 Å². The van der Waals surface area contributed by atoms with Gasteiger partial charge in [0.1, 0.15) is 11.5 Å². The van der Waals surface area contributed by atoms with E-state index < -0.39 is 18.0 Å². The summed E-state index contributed by atoms with van der Waals surface area (Å²) in [5.41, 5.74) is 0.907. The second-order valence-corrected chi connectivity index (χ2v) is 5.88. The lowest BCUT2D eigenvalue weighted by molar-refractivity contribution is -0.154. The van der Waals surface area contributed by atoms with E-state index in [0.717, 1.165) is 11.3 Å². The van der Waals surface area contributed by atoms with Gasteiger partial charge < -0.3 is 19.5 Å². The van der Waals surface area contributed by atoms with Crippen LogP contribution in [0.4, 0.5) is 0 Å². The van der Waals surface area contributed by atoms with Crippen LogP contribution in [0.2, 0.25) is 5.02 Å². The van der Waals surface area contributed by atoms with E-state index in [2.05, 4.69) is 5.32 Å². The molecular weight excluding hydrogens is 358 g/mol. The highest BCUT2D eigenvalue weighted by atomic mass is 35.5. The van der Waals surface area contributed by atoms with Crippen LogP contribution in [0, 0.1) is 0 Å². The number of halogens is 1. The normalized spacial score (nSPS) is 11.3. The Labute approximate surface area is 157 Å². The Morgan fingerprint density at radius 2 is 1.65 bits per heavy atom. The van der Waals surface area contributed by atoms with Crippen molar-refractivity contribution in [3.63, 3.8) is 0 Å². The number of hydrogen-bond acceptors (Lipinski definition) is 5. The van der Waals surface area contributed by atoms with E-state index in [4.69, 9.17) is 25.8 Å². The standard InChI is InChI=1S/C19H20ClNO5/c1-13(26-17-9-5-15(20)6-10-17)19(23)25-12-18(22)21-11-14-3-7-16(24-2)8-4-14/h3-10,13H,11-12H2,1-2H3,(H,21,22)/t13-/m0/s1. The zero-order chi connectivity index (χ0) is 18.9. The van der Waals surface area contributed by atoms with Crippen molar-refractivity contribution in [1.82, 2.24) is 5.32 Å². The van der Waals surface area contributed by atoms with Gasteiger partial charge in [-0.3, -0.25) is 4.79 Å². The minimum atomic E-state index is -0.842. The van der Waals surface area contributed by atoms with Gasteiger partial charge in [-0.25, -0.2) is 4.79 Å². The fourth-order valence-corrected chi connectivity index (χ4v) is 2.14. The lowest BCUT2D eigenvalue weighted by Crippen LogP contribution is -2.32.